The van der Waals surface area contributed by atoms with Crippen LogP contribution in [0.3, 0.4) is 0 Å². The Kier molecular flexibility index (Phi) is 4.10. The van der Waals surface area contributed by atoms with Crippen LogP contribution in [0.25, 0.3) is 0 Å². The van der Waals surface area contributed by atoms with Gasteiger partial charge in [0.25, 0.3) is 0 Å². The van der Waals surface area contributed by atoms with Gasteiger partial charge < -0.3 is 4.74 Å². The number of hydrogen-bond donors (Lipinski definition) is 0. The van der Waals surface area contributed by atoms with Gasteiger partial charge in [0.1, 0.15) is 5.75 Å². The summed E-state index contributed by atoms with van der Waals surface area (Å²) in [7, 11) is 0. The topological polar surface area (TPSA) is 9.23 Å². The molecule has 0 heterocycles. The van der Waals surface area contributed by atoms with Gasteiger partial charge in [-0.05, 0) is 32.4 Å². The van der Waals surface area contributed by atoms with Crippen LogP contribution in [0.1, 0.15) is 18.9 Å². The van der Waals surface area contributed by atoms with E-state index >= 15 is 0 Å². The summed E-state index contributed by atoms with van der Waals surface area (Å²) < 4.78 is 5.51. The molecular weight excluding hydrogens is 160 g/mol. The fourth-order valence-electron chi connectivity index (χ4n) is 1.05. The Morgan fingerprint density at radius 2 is 1.92 bits per heavy atom. The van der Waals surface area contributed by atoms with Crippen LogP contribution in [-0.4, -0.2) is 6.61 Å². The predicted molar refractivity (Wildman–Crippen MR) is 56.1 cm³/mol. The molecule has 0 fully saturated rings. The third kappa shape index (κ3) is 3.79. The molecule has 0 unspecified atom stereocenters. The van der Waals surface area contributed by atoms with Crippen LogP contribution in [0.2, 0.25) is 0 Å². The molecule has 0 amide bonds. The maximum Gasteiger partial charge on any atom is 0.119 e. The first kappa shape index (κ1) is 9.85. The van der Waals surface area contributed by atoms with Crippen LogP contribution in [0.5, 0.6) is 5.75 Å². The van der Waals surface area contributed by atoms with Gasteiger partial charge in [0, 0.05) is 0 Å². The molecule has 13 heavy (non-hydrogen) atoms. The Hall–Kier alpha value is -1.24. The SMILES string of the molecule is C/C=C/CCOc1ccc(C)cc1. The zero-order valence-electron chi connectivity index (χ0n) is 8.29. The highest BCUT2D eigenvalue weighted by atomic mass is 16.5. The van der Waals surface area contributed by atoms with E-state index in [2.05, 4.69) is 25.1 Å². The van der Waals surface area contributed by atoms with Crippen LogP contribution in [-0.2, 0) is 0 Å². The van der Waals surface area contributed by atoms with Gasteiger partial charge in [-0.3, -0.25) is 0 Å². The van der Waals surface area contributed by atoms with Crippen molar-refractivity contribution in [3.63, 3.8) is 0 Å². The molecule has 0 radical (unpaired) electrons. The van der Waals surface area contributed by atoms with Crippen LogP contribution >= 0.6 is 0 Å². The molecule has 1 aromatic carbocycles. The van der Waals surface area contributed by atoms with E-state index in [-0.39, 0.29) is 0 Å². The summed E-state index contributed by atoms with van der Waals surface area (Å²) in [5.41, 5.74) is 1.26. The summed E-state index contributed by atoms with van der Waals surface area (Å²) >= 11 is 0. The van der Waals surface area contributed by atoms with Crippen LogP contribution in [0.4, 0.5) is 0 Å². The Bertz CT molecular complexity index is 259. The fraction of sp³-hybridized carbons (Fsp3) is 0.333. The lowest BCUT2D eigenvalue weighted by atomic mass is 10.2. The summed E-state index contributed by atoms with van der Waals surface area (Å²) in [6, 6.07) is 8.13. The van der Waals surface area contributed by atoms with Crippen LogP contribution in [0.15, 0.2) is 36.4 Å². The monoisotopic (exact) mass is 176 g/mol. The molecule has 0 aliphatic heterocycles. The van der Waals surface area contributed by atoms with E-state index in [9.17, 15) is 0 Å². The van der Waals surface area contributed by atoms with Gasteiger partial charge >= 0.3 is 0 Å². The number of ether oxygens (including phenoxy) is 1. The number of hydrogen-bond acceptors (Lipinski definition) is 1. The molecule has 0 bridgehead atoms. The lowest BCUT2D eigenvalue weighted by Gasteiger charge is -2.03. The third-order valence-corrected chi connectivity index (χ3v) is 1.81. The number of benzene rings is 1. The van der Waals surface area contributed by atoms with Crippen LogP contribution in [0, 0.1) is 6.92 Å². The van der Waals surface area contributed by atoms with E-state index in [1.54, 1.807) is 0 Å². The summed E-state index contributed by atoms with van der Waals surface area (Å²) in [6.45, 7) is 4.85. The molecule has 70 valence electrons. The van der Waals surface area contributed by atoms with E-state index in [0.717, 1.165) is 18.8 Å². The standard InChI is InChI=1S/C12H16O/c1-3-4-5-10-13-12-8-6-11(2)7-9-12/h3-4,6-9H,5,10H2,1-2H3/b4-3+. The first-order valence-corrected chi connectivity index (χ1v) is 4.63. The molecule has 0 atom stereocenters. The van der Waals surface area contributed by atoms with Gasteiger partial charge in [0.15, 0.2) is 0 Å². The van der Waals surface area contributed by atoms with Crippen molar-refractivity contribution in [3.05, 3.63) is 42.0 Å². The van der Waals surface area contributed by atoms with Gasteiger partial charge in [-0.25, -0.2) is 0 Å². The molecule has 1 heteroatoms. The first-order chi connectivity index (χ1) is 6.33. The molecule has 0 aliphatic carbocycles. The quantitative estimate of drug-likeness (QED) is 0.505. The second-order valence-electron chi connectivity index (χ2n) is 3.02. The second kappa shape index (κ2) is 5.41. The fourth-order valence-corrected chi connectivity index (χ4v) is 1.05. The highest BCUT2D eigenvalue weighted by molar-refractivity contribution is 5.26. The molecule has 0 aliphatic rings. The number of rotatable bonds is 4. The summed E-state index contributed by atoms with van der Waals surface area (Å²) in [6.07, 6.45) is 5.12. The molecule has 0 N–H and O–H groups in total. The van der Waals surface area contributed by atoms with E-state index in [4.69, 9.17) is 4.74 Å². The molecule has 0 saturated heterocycles. The highest BCUT2D eigenvalue weighted by Gasteiger charge is 1.90. The minimum Gasteiger partial charge on any atom is -0.493 e. The van der Waals surface area contributed by atoms with Crippen molar-refractivity contribution < 1.29 is 4.74 Å². The van der Waals surface area contributed by atoms with Gasteiger partial charge in [0.05, 0.1) is 6.61 Å². The van der Waals surface area contributed by atoms with Crippen molar-refractivity contribution in [2.75, 3.05) is 6.61 Å². The van der Waals surface area contributed by atoms with Crippen molar-refractivity contribution in [2.24, 2.45) is 0 Å². The van der Waals surface area contributed by atoms with Crippen LogP contribution < -0.4 is 4.74 Å². The van der Waals surface area contributed by atoms with Crippen molar-refractivity contribution in [2.45, 2.75) is 20.3 Å². The number of aryl methyl sites for hydroxylation is 1. The third-order valence-electron chi connectivity index (χ3n) is 1.81. The van der Waals surface area contributed by atoms with Gasteiger partial charge in [-0.1, -0.05) is 29.8 Å². The molecule has 1 aromatic rings. The van der Waals surface area contributed by atoms with Crippen molar-refractivity contribution in [1.82, 2.24) is 0 Å². The van der Waals surface area contributed by atoms with E-state index in [0.29, 0.717) is 0 Å². The smallest absolute Gasteiger partial charge is 0.119 e. The lowest BCUT2D eigenvalue weighted by Crippen LogP contribution is -1.94. The van der Waals surface area contributed by atoms with Crippen molar-refractivity contribution in [3.8, 4) is 5.75 Å². The Labute approximate surface area is 80.0 Å². The molecular formula is C12H16O. The Morgan fingerprint density at radius 3 is 2.54 bits per heavy atom. The zero-order valence-corrected chi connectivity index (χ0v) is 8.29. The second-order valence-corrected chi connectivity index (χ2v) is 3.02. The lowest BCUT2D eigenvalue weighted by molar-refractivity contribution is 0.325. The zero-order chi connectivity index (χ0) is 9.52. The Morgan fingerprint density at radius 1 is 1.23 bits per heavy atom. The average Bonchev–Trinajstić information content (AvgIpc) is 2.15. The minimum atomic E-state index is 0.757. The van der Waals surface area contributed by atoms with Gasteiger partial charge in [-0.15, -0.1) is 0 Å². The largest absolute Gasteiger partial charge is 0.493 e. The van der Waals surface area contributed by atoms with E-state index in [1.165, 1.54) is 5.56 Å². The molecule has 0 spiro atoms. The van der Waals surface area contributed by atoms with E-state index < -0.39 is 0 Å². The molecule has 1 rings (SSSR count). The number of allylic oxidation sites excluding steroid dienone is 1. The molecule has 0 aromatic heterocycles. The van der Waals surface area contributed by atoms with Gasteiger partial charge in [0.2, 0.25) is 0 Å². The maximum atomic E-state index is 5.51. The predicted octanol–water partition coefficient (Wildman–Crippen LogP) is 3.34. The molecule has 1 nitrogen and oxygen atoms in total. The highest BCUT2D eigenvalue weighted by Crippen LogP contribution is 2.11. The average molecular weight is 176 g/mol. The summed E-state index contributed by atoms with van der Waals surface area (Å²) in [4.78, 5) is 0. The Balaban J connectivity index is 2.33. The summed E-state index contributed by atoms with van der Waals surface area (Å²) in [5, 5.41) is 0. The maximum absolute atomic E-state index is 5.51. The normalized spacial score (nSPS) is 10.6. The summed E-state index contributed by atoms with van der Waals surface area (Å²) in [5.74, 6) is 0.954. The van der Waals surface area contributed by atoms with Gasteiger partial charge in [-0.2, -0.15) is 0 Å². The molecule has 0 saturated carbocycles. The van der Waals surface area contributed by atoms with E-state index in [1.807, 2.05) is 25.1 Å². The first-order valence-electron chi connectivity index (χ1n) is 4.63. The minimum absolute atomic E-state index is 0.757. The van der Waals surface area contributed by atoms with Crippen molar-refractivity contribution in [1.29, 1.82) is 0 Å². The van der Waals surface area contributed by atoms with Crippen molar-refractivity contribution >= 4 is 0 Å².